The molecule has 2 aromatic rings. The molecule has 3 heterocycles. The summed E-state index contributed by atoms with van der Waals surface area (Å²) in [4.78, 5) is 14.7. The molecule has 2 aliphatic rings. The highest BCUT2D eigenvalue weighted by Crippen LogP contribution is 2.33. The lowest BCUT2D eigenvalue weighted by Gasteiger charge is -2.25. The van der Waals surface area contributed by atoms with Crippen LogP contribution >= 0.6 is 0 Å². The Bertz CT molecular complexity index is 782. The van der Waals surface area contributed by atoms with Gasteiger partial charge in [0.25, 0.3) is 5.91 Å². The maximum atomic E-state index is 12.2. The number of nitrogens with zero attached hydrogens (tertiary/aromatic N) is 4. The first-order chi connectivity index (χ1) is 12.7. The first kappa shape index (κ1) is 17.2. The fourth-order valence-electron chi connectivity index (χ4n) is 4.30. The summed E-state index contributed by atoms with van der Waals surface area (Å²) in [7, 11) is 0. The van der Waals surface area contributed by atoms with E-state index in [9.17, 15) is 4.79 Å². The zero-order valence-electron chi connectivity index (χ0n) is 15.6. The Kier molecular flexibility index (Phi) is 4.76. The van der Waals surface area contributed by atoms with Crippen molar-refractivity contribution in [2.24, 2.45) is 11.8 Å². The van der Waals surface area contributed by atoms with Crippen molar-refractivity contribution in [1.82, 2.24) is 25.0 Å². The number of carbonyl (C=O) groups is 1. The van der Waals surface area contributed by atoms with E-state index in [4.69, 9.17) is 0 Å². The van der Waals surface area contributed by atoms with Gasteiger partial charge in [-0.3, -0.25) is 9.69 Å². The molecule has 6 nitrogen and oxygen atoms in total. The number of amides is 1. The zero-order chi connectivity index (χ0) is 18.1. The Balaban J connectivity index is 1.43. The molecular weight excluding hydrogens is 326 g/mol. The SMILES string of the molecule is CCNC(=O)c1nnc2n1C[C@H]1CN(Cc3ccc(CC)cc3)C[C@@H]1C2. The lowest BCUT2D eigenvalue weighted by atomic mass is 9.89. The van der Waals surface area contributed by atoms with Crippen LogP contribution in [0.5, 0.6) is 0 Å². The van der Waals surface area contributed by atoms with Gasteiger partial charge in [-0.25, -0.2) is 0 Å². The van der Waals surface area contributed by atoms with E-state index in [1.54, 1.807) is 0 Å². The molecule has 1 saturated heterocycles. The van der Waals surface area contributed by atoms with Crippen molar-refractivity contribution in [1.29, 1.82) is 0 Å². The average Bonchev–Trinajstić information content (AvgIpc) is 3.23. The molecule has 0 bridgehead atoms. The predicted molar refractivity (Wildman–Crippen MR) is 99.8 cm³/mol. The Morgan fingerprint density at radius 3 is 2.54 bits per heavy atom. The third kappa shape index (κ3) is 3.26. The van der Waals surface area contributed by atoms with Crippen molar-refractivity contribution in [3.63, 3.8) is 0 Å². The molecule has 0 spiro atoms. The molecule has 1 fully saturated rings. The number of hydrogen-bond donors (Lipinski definition) is 1. The normalized spacial score (nSPS) is 22.1. The molecule has 6 heteroatoms. The van der Waals surface area contributed by atoms with Crippen LogP contribution in [0.25, 0.3) is 0 Å². The number of fused-ring (bicyclic) bond motifs is 2. The van der Waals surface area contributed by atoms with Gasteiger partial charge in [-0.2, -0.15) is 0 Å². The van der Waals surface area contributed by atoms with Crippen molar-refractivity contribution in [3.8, 4) is 0 Å². The van der Waals surface area contributed by atoms with Gasteiger partial charge < -0.3 is 9.88 Å². The first-order valence-corrected chi connectivity index (χ1v) is 9.68. The zero-order valence-corrected chi connectivity index (χ0v) is 15.6. The quantitative estimate of drug-likeness (QED) is 0.892. The van der Waals surface area contributed by atoms with Crippen LogP contribution in [0, 0.1) is 11.8 Å². The molecule has 0 aliphatic carbocycles. The van der Waals surface area contributed by atoms with Crippen molar-refractivity contribution in [2.45, 2.75) is 39.8 Å². The van der Waals surface area contributed by atoms with Crippen LogP contribution in [0.3, 0.4) is 0 Å². The van der Waals surface area contributed by atoms with E-state index in [0.717, 1.165) is 44.8 Å². The van der Waals surface area contributed by atoms with Crippen molar-refractivity contribution < 1.29 is 4.79 Å². The van der Waals surface area contributed by atoms with Gasteiger partial charge in [-0.15, -0.1) is 10.2 Å². The number of nitrogens with one attached hydrogen (secondary N) is 1. The molecule has 0 radical (unpaired) electrons. The lowest BCUT2D eigenvalue weighted by molar-refractivity contribution is 0.0937. The highest BCUT2D eigenvalue weighted by atomic mass is 16.2. The van der Waals surface area contributed by atoms with Crippen LogP contribution in [0.15, 0.2) is 24.3 Å². The maximum absolute atomic E-state index is 12.2. The van der Waals surface area contributed by atoms with Gasteiger partial charge in [-0.05, 0) is 36.3 Å². The van der Waals surface area contributed by atoms with Gasteiger partial charge in [0.15, 0.2) is 0 Å². The second-order valence-electron chi connectivity index (χ2n) is 7.50. The number of rotatable bonds is 5. The summed E-state index contributed by atoms with van der Waals surface area (Å²) >= 11 is 0. The van der Waals surface area contributed by atoms with Gasteiger partial charge in [-0.1, -0.05) is 31.2 Å². The summed E-state index contributed by atoms with van der Waals surface area (Å²) in [5, 5.41) is 11.3. The third-order valence-electron chi connectivity index (χ3n) is 5.72. The Labute approximate surface area is 154 Å². The van der Waals surface area contributed by atoms with Crippen LogP contribution in [0.2, 0.25) is 0 Å². The largest absolute Gasteiger partial charge is 0.350 e. The van der Waals surface area contributed by atoms with Crippen LogP contribution in [0.1, 0.15) is 41.4 Å². The molecule has 4 rings (SSSR count). The minimum atomic E-state index is -0.115. The van der Waals surface area contributed by atoms with E-state index >= 15 is 0 Å². The molecule has 26 heavy (non-hydrogen) atoms. The number of benzene rings is 1. The van der Waals surface area contributed by atoms with Crippen molar-refractivity contribution >= 4 is 5.91 Å². The molecule has 1 N–H and O–H groups in total. The van der Waals surface area contributed by atoms with Crippen LogP contribution in [-0.2, 0) is 25.9 Å². The minimum absolute atomic E-state index is 0.115. The summed E-state index contributed by atoms with van der Waals surface area (Å²) < 4.78 is 2.03. The summed E-state index contributed by atoms with van der Waals surface area (Å²) in [5.74, 6) is 2.50. The highest BCUT2D eigenvalue weighted by Gasteiger charge is 2.38. The molecule has 0 unspecified atom stereocenters. The van der Waals surface area contributed by atoms with E-state index in [1.165, 1.54) is 11.1 Å². The van der Waals surface area contributed by atoms with E-state index in [1.807, 2.05) is 11.5 Å². The number of aryl methyl sites for hydroxylation is 1. The summed E-state index contributed by atoms with van der Waals surface area (Å²) in [6, 6.07) is 8.97. The first-order valence-electron chi connectivity index (χ1n) is 9.68. The number of likely N-dealkylation sites (tertiary alicyclic amines) is 1. The van der Waals surface area contributed by atoms with Gasteiger partial charge >= 0.3 is 0 Å². The van der Waals surface area contributed by atoms with Crippen molar-refractivity contribution in [2.75, 3.05) is 19.6 Å². The number of aromatic nitrogens is 3. The Morgan fingerprint density at radius 1 is 1.08 bits per heavy atom. The third-order valence-corrected chi connectivity index (χ3v) is 5.72. The molecule has 2 aliphatic heterocycles. The van der Waals surface area contributed by atoms with E-state index in [-0.39, 0.29) is 5.91 Å². The van der Waals surface area contributed by atoms with Gasteiger partial charge in [0.2, 0.25) is 5.82 Å². The average molecular weight is 353 g/mol. The van der Waals surface area contributed by atoms with Crippen LogP contribution in [0.4, 0.5) is 0 Å². The van der Waals surface area contributed by atoms with E-state index < -0.39 is 0 Å². The lowest BCUT2D eigenvalue weighted by Crippen LogP contribution is -2.33. The summed E-state index contributed by atoms with van der Waals surface area (Å²) in [6.45, 7) is 8.75. The van der Waals surface area contributed by atoms with Gasteiger partial charge in [0.05, 0.1) is 0 Å². The van der Waals surface area contributed by atoms with Gasteiger partial charge in [0.1, 0.15) is 5.82 Å². The predicted octanol–water partition coefficient (Wildman–Crippen LogP) is 1.89. The minimum Gasteiger partial charge on any atom is -0.350 e. The van der Waals surface area contributed by atoms with E-state index in [2.05, 4.69) is 51.6 Å². The monoisotopic (exact) mass is 353 g/mol. The molecule has 1 amide bonds. The van der Waals surface area contributed by atoms with Crippen molar-refractivity contribution in [3.05, 3.63) is 47.0 Å². The molecule has 2 atom stereocenters. The smallest absolute Gasteiger partial charge is 0.289 e. The molecule has 138 valence electrons. The molecular formula is C20H27N5O. The number of hydrogen-bond acceptors (Lipinski definition) is 4. The molecule has 1 aromatic carbocycles. The topological polar surface area (TPSA) is 63.1 Å². The van der Waals surface area contributed by atoms with Crippen LogP contribution < -0.4 is 5.32 Å². The highest BCUT2D eigenvalue weighted by molar-refractivity contribution is 5.90. The fraction of sp³-hybridized carbons (Fsp3) is 0.550. The van der Waals surface area contributed by atoms with Gasteiger partial charge in [0, 0.05) is 39.1 Å². The van der Waals surface area contributed by atoms with E-state index in [0.29, 0.717) is 24.2 Å². The molecule has 1 aromatic heterocycles. The number of carbonyl (C=O) groups excluding carboxylic acids is 1. The Morgan fingerprint density at radius 2 is 1.81 bits per heavy atom. The second kappa shape index (κ2) is 7.19. The second-order valence-corrected chi connectivity index (χ2v) is 7.50. The maximum Gasteiger partial charge on any atom is 0.289 e. The van der Waals surface area contributed by atoms with Crippen LogP contribution in [-0.4, -0.2) is 45.2 Å². The summed E-state index contributed by atoms with van der Waals surface area (Å²) in [5.41, 5.74) is 2.77. The molecule has 0 saturated carbocycles. The fourth-order valence-corrected chi connectivity index (χ4v) is 4.30. The summed E-state index contributed by atoms with van der Waals surface area (Å²) in [6.07, 6.45) is 2.00. The standard InChI is InChI=1S/C20H27N5O/c1-3-14-5-7-15(8-6-14)10-24-11-16-9-18-22-23-19(20(26)21-4-2)25(18)13-17(16)12-24/h5-8,16-17H,3-4,9-13H2,1-2H3,(H,21,26)/t16-,17+/m0/s1. The Hall–Kier alpha value is -2.21.